The average molecular weight is 424 g/mol. The summed E-state index contributed by atoms with van der Waals surface area (Å²) in [6.07, 6.45) is 4.45. The predicted molar refractivity (Wildman–Crippen MR) is 119 cm³/mol. The van der Waals surface area contributed by atoms with Gasteiger partial charge in [0.25, 0.3) is 0 Å². The molecule has 7 heteroatoms. The van der Waals surface area contributed by atoms with Gasteiger partial charge in [0.15, 0.2) is 11.5 Å². The lowest BCUT2D eigenvalue weighted by molar-refractivity contribution is 0.0712. The van der Waals surface area contributed by atoms with Gasteiger partial charge >= 0.3 is 6.09 Å². The van der Waals surface area contributed by atoms with Crippen LogP contribution in [0.1, 0.15) is 50.2 Å². The molecular weight excluding hydrogens is 394 g/mol. The summed E-state index contributed by atoms with van der Waals surface area (Å²) in [6, 6.07) is 13.1. The third-order valence-corrected chi connectivity index (χ3v) is 5.73. The number of hydrogen-bond acceptors (Lipinski definition) is 6. The van der Waals surface area contributed by atoms with E-state index in [2.05, 4.69) is 5.10 Å². The molecule has 1 aliphatic heterocycles. The molecule has 164 valence electrons. The first-order chi connectivity index (χ1) is 15.1. The van der Waals surface area contributed by atoms with E-state index in [1.807, 2.05) is 37.3 Å². The molecule has 2 aromatic rings. The minimum absolute atomic E-state index is 0.208. The molecular formula is C24H29N3O4. The fourth-order valence-corrected chi connectivity index (χ4v) is 4.00. The van der Waals surface area contributed by atoms with Gasteiger partial charge < -0.3 is 19.9 Å². The molecule has 0 bridgehead atoms. The topological polar surface area (TPSA) is 86.4 Å². The van der Waals surface area contributed by atoms with E-state index < -0.39 is 12.2 Å². The van der Waals surface area contributed by atoms with Crippen LogP contribution in [-0.4, -0.2) is 36.1 Å². The maximum atomic E-state index is 12.5. The number of cyclic esters (lactones) is 1. The van der Waals surface area contributed by atoms with E-state index in [1.54, 1.807) is 19.2 Å². The van der Waals surface area contributed by atoms with Crippen molar-refractivity contribution in [1.82, 2.24) is 5.01 Å². The van der Waals surface area contributed by atoms with Crippen molar-refractivity contribution in [2.24, 2.45) is 5.10 Å². The lowest BCUT2D eigenvalue weighted by Crippen LogP contribution is -2.41. The molecule has 1 fully saturated rings. The smallest absolute Gasteiger partial charge is 0.431 e. The molecule has 31 heavy (non-hydrogen) atoms. The average Bonchev–Trinajstić information content (AvgIpc) is 3.29. The summed E-state index contributed by atoms with van der Waals surface area (Å²) in [4.78, 5) is 12.5. The third kappa shape index (κ3) is 4.76. The molecule has 2 N–H and O–H groups in total. The second kappa shape index (κ2) is 9.29. The van der Waals surface area contributed by atoms with Gasteiger partial charge in [0, 0.05) is 11.3 Å². The molecule has 0 spiro atoms. The van der Waals surface area contributed by atoms with Crippen LogP contribution in [0.3, 0.4) is 0 Å². The number of nitrogens with two attached hydrogens (primary N) is 1. The highest BCUT2D eigenvalue weighted by Crippen LogP contribution is 2.33. The Morgan fingerprint density at radius 2 is 1.87 bits per heavy atom. The lowest BCUT2D eigenvalue weighted by atomic mass is 10.0. The first-order valence-corrected chi connectivity index (χ1v) is 10.8. The Hall–Kier alpha value is -3.22. The normalized spacial score (nSPS) is 19.2. The number of rotatable bonds is 7. The SMILES string of the molecule is CCC1OC(=O)N(Cc2ccc(N)cc2)N=C1c1ccc(OC)c(OC2CCCC2)c1. The maximum absolute atomic E-state index is 12.5. The summed E-state index contributed by atoms with van der Waals surface area (Å²) in [7, 11) is 1.64. The van der Waals surface area contributed by atoms with Crippen molar-refractivity contribution in [1.29, 1.82) is 0 Å². The lowest BCUT2D eigenvalue weighted by Gasteiger charge is -2.29. The molecule has 4 rings (SSSR count). The summed E-state index contributed by atoms with van der Waals surface area (Å²) in [5, 5.41) is 6.04. The number of carbonyl (C=O) groups excluding carboxylic acids is 1. The molecule has 1 atom stereocenters. The van der Waals surface area contributed by atoms with E-state index in [1.165, 1.54) is 17.9 Å². The van der Waals surface area contributed by atoms with E-state index in [0.29, 0.717) is 35.9 Å². The number of ether oxygens (including phenoxy) is 3. The van der Waals surface area contributed by atoms with Gasteiger partial charge in [0.05, 0.1) is 19.8 Å². The number of nitrogens with zero attached hydrogens (tertiary/aromatic N) is 2. The molecule has 1 heterocycles. The maximum Gasteiger partial charge on any atom is 0.431 e. The molecule has 1 unspecified atom stereocenters. The molecule has 0 aromatic heterocycles. The van der Waals surface area contributed by atoms with Gasteiger partial charge in [-0.25, -0.2) is 4.79 Å². The highest BCUT2D eigenvalue weighted by atomic mass is 16.6. The fraction of sp³-hybridized carbons (Fsp3) is 0.417. The molecule has 1 amide bonds. The van der Waals surface area contributed by atoms with Crippen LogP contribution in [0.5, 0.6) is 11.5 Å². The second-order valence-electron chi connectivity index (χ2n) is 7.96. The Morgan fingerprint density at radius 3 is 2.55 bits per heavy atom. The highest BCUT2D eigenvalue weighted by molar-refractivity contribution is 6.06. The van der Waals surface area contributed by atoms with E-state index >= 15 is 0 Å². The van der Waals surface area contributed by atoms with E-state index in [-0.39, 0.29) is 6.10 Å². The Bertz CT molecular complexity index is 952. The van der Waals surface area contributed by atoms with Gasteiger partial charge in [-0.2, -0.15) is 10.1 Å². The number of amides is 1. The molecule has 1 saturated carbocycles. The van der Waals surface area contributed by atoms with Crippen molar-refractivity contribution in [3.05, 3.63) is 53.6 Å². The molecule has 2 aliphatic rings. The molecule has 2 aromatic carbocycles. The van der Waals surface area contributed by atoms with E-state index in [0.717, 1.165) is 24.0 Å². The van der Waals surface area contributed by atoms with E-state index in [4.69, 9.17) is 19.9 Å². The third-order valence-electron chi connectivity index (χ3n) is 5.73. The first-order valence-electron chi connectivity index (χ1n) is 10.8. The monoisotopic (exact) mass is 423 g/mol. The second-order valence-corrected chi connectivity index (χ2v) is 7.96. The van der Waals surface area contributed by atoms with Crippen LogP contribution < -0.4 is 15.2 Å². The molecule has 1 aliphatic carbocycles. The number of anilines is 1. The van der Waals surface area contributed by atoms with Gasteiger partial charge in [-0.1, -0.05) is 19.1 Å². The van der Waals surface area contributed by atoms with Crippen LogP contribution in [0.25, 0.3) is 0 Å². The number of benzene rings is 2. The Morgan fingerprint density at radius 1 is 1.13 bits per heavy atom. The zero-order valence-corrected chi connectivity index (χ0v) is 18.0. The first kappa shape index (κ1) is 21.0. The van der Waals surface area contributed by atoms with Crippen LogP contribution in [0, 0.1) is 0 Å². The number of hydrazone groups is 1. The van der Waals surface area contributed by atoms with Crippen LogP contribution in [0.2, 0.25) is 0 Å². The van der Waals surface area contributed by atoms with Crippen LogP contribution >= 0.6 is 0 Å². The predicted octanol–water partition coefficient (Wildman–Crippen LogP) is 4.73. The number of hydrogen-bond donors (Lipinski definition) is 1. The zero-order valence-electron chi connectivity index (χ0n) is 18.0. The minimum atomic E-state index is -0.455. The summed E-state index contributed by atoms with van der Waals surface area (Å²) >= 11 is 0. The van der Waals surface area contributed by atoms with Crippen molar-refractivity contribution in [2.45, 2.75) is 57.8 Å². The summed E-state index contributed by atoms with van der Waals surface area (Å²) in [6.45, 7) is 2.28. The van der Waals surface area contributed by atoms with Crippen molar-refractivity contribution < 1.29 is 19.0 Å². The highest BCUT2D eigenvalue weighted by Gasteiger charge is 2.31. The number of carbonyl (C=O) groups is 1. The molecule has 0 radical (unpaired) electrons. The van der Waals surface area contributed by atoms with Crippen LogP contribution in [0.4, 0.5) is 10.5 Å². The molecule has 0 saturated heterocycles. The van der Waals surface area contributed by atoms with Crippen molar-refractivity contribution in [3.8, 4) is 11.5 Å². The van der Waals surface area contributed by atoms with Crippen LogP contribution in [-0.2, 0) is 11.3 Å². The quantitative estimate of drug-likeness (QED) is 0.651. The zero-order chi connectivity index (χ0) is 21.8. The standard InChI is InChI=1S/C24H29N3O4/c1-3-20-23(26-27(24(28)31-20)15-16-8-11-18(25)12-9-16)17-10-13-21(29-2)22(14-17)30-19-6-4-5-7-19/h8-14,19-20H,3-7,15,25H2,1-2H3. The van der Waals surface area contributed by atoms with Crippen LogP contribution in [0.15, 0.2) is 47.6 Å². The molecule has 7 nitrogen and oxygen atoms in total. The Kier molecular flexibility index (Phi) is 6.30. The number of nitrogen functional groups attached to an aromatic ring is 1. The largest absolute Gasteiger partial charge is 0.493 e. The Balaban J connectivity index is 1.64. The van der Waals surface area contributed by atoms with Gasteiger partial charge in [0.2, 0.25) is 0 Å². The van der Waals surface area contributed by atoms with Gasteiger partial charge in [-0.05, 0) is 68.0 Å². The summed E-state index contributed by atoms with van der Waals surface area (Å²) in [5.74, 6) is 1.39. The summed E-state index contributed by atoms with van der Waals surface area (Å²) < 4.78 is 17.4. The van der Waals surface area contributed by atoms with Crippen molar-refractivity contribution in [3.63, 3.8) is 0 Å². The van der Waals surface area contributed by atoms with Gasteiger partial charge in [0.1, 0.15) is 11.8 Å². The van der Waals surface area contributed by atoms with Gasteiger partial charge in [-0.3, -0.25) is 0 Å². The minimum Gasteiger partial charge on any atom is -0.493 e. The van der Waals surface area contributed by atoms with Gasteiger partial charge in [-0.15, -0.1) is 0 Å². The fourth-order valence-electron chi connectivity index (χ4n) is 4.00. The summed E-state index contributed by atoms with van der Waals surface area (Å²) in [5.41, 5.74) is 8.92. The Labute approximate surface area is 182 Å². The van der Waals surface area contributed by atoms with Crippen molar-refractivity contribution in [2.75, 3.05) is 12.8 Å². The number of methoxy groups -OCH3 is 1. The van der Waals surface area contributed by atoms with Crippen molar-refractivity contribution >= 4 is 17.5 Å². The van der Waals surface area contributed by atoms with E-state index in [9.17, 15) is 4.79 Å².